The lowest BCUT2D eigenvalue weighted by Gasteiger charge is -2.37. The van der Waals surface area contributed by atoms with Gasteiger partial charge in [-0.25, -0.2) is 0 Å². The number of nitrogens with two attached hydrogens (primary N) is 1. The van der Waals surface area contributed by atoms with Crippen LogP contribution in [0.2, 0.25) is 0 Å². The van der Waals surface area contributed by atoms with Gasteiger partial charge in [-0.1, -0.05) is 13.8 Å². The molecule has 2 nitrogen and oxygen atoms in total. The van der Waals surface area contributed by atoms with E-state index in [1.165, 1.54) is 25.3 Å². The zero-order valence-corrected chi connectivity index (χ0v) is 10.5. The molecular formula is C11H24N2S. The first-order valence-electron chi connectivity index (χ1n) is 5.71. The van der Waals surface area contributed by atoms with Crippen molar-refractivity contribution in [2.24, 2.45) is 11.7 Å². The van der Waals surface area contributed by atoms with Crippen LogP contribution in [0.3, 0.4) is 0 Å². The van der Waals surface area contributed by atoms with Crippen LogP contribution in [0.25, 0.3) is 0 Å². The molecule has 3 heteroatoms. The molecule has 0 amide bonds. The van der Waals surface area contributed by atoms with Gasteiger partial charge in [0.2, 0.25) is 0 Å². The van der Waals surface area contributed by atoms with E-state index in [0.717, 1.165) is 17.8 Å². The second kappa shape index (κ2) is 5.99. The molecule has 2 N–H and O–H groups in total. The Morgan fingerprint density at radius 2 is 2.21 bits per heavy atom. The fraction of sp³-hybridized carbons (Fsp3) is 1.00. The quantitative estimate of drug-likeness (QED) is 0.777. The van der Waals surface area contributed by atoms with Crippen molar-refractivity contribution in [3.05, 3.63) is 0 Å². The van der Waals surface area contributed by atoms with Gasteiger partial charge in [0, 0.05) is 23.6 Å². The predicted molar refractivity (Wildman–Crippen MR) is 65.8 cm³/mol. The van der Waals surface area contributed by atoms with Crippen LogP contribution in [0, 0.1) is 5.92 Å². The maximum Gasteiger partial charge on any atom is 0.0184 e. The lowest BCUT2D eigenvalue weighted by molar-refractivity contribution is 0.200. The van der Waals surface area contributed by atoms with Crippen molar-refractivity contribution in [1.29, 1.82) is 0 Å². The molecule has 0 aromatic rings. The third kappa shape index (κ3) is 3.44. The Morgan fingerprint density at radius 3 is 2.86 bits per heavy atom. The first-order valence-corrected chi connectivity index (χ1v) is 6.75. The molecule has 14 heavy (non-hydrogen) atoms. The molecule has 0 radical (unpaired) electrons. The highest BCUT2D eigenvalue weighted by Crippen LogP contribution is 2.24. The van der Waals surface area contributed by atoms with E-state index in [2.05, 4.69) is 37.4 Å². The molecule has 0 aromatic heterocycles. The predicted octanol–water partition coefficient (Wildman–Crippen LogP) is 1.80. The van der Waals surface area contributed by atoms with Crippen LogP contribution in [-0.2, 0) is 0 Å². The summed E-state index contributed by atoms with van der Waals surface area (Å²) in [6.45, 7) is 10.2. The van der Waals surface area contributed by atoms with Gasteiger partial charge in [0.1, 0.15) is 0 Å². The molecule has 84 valence electrons. The zero-order chi connectivity index (χ0) is 10.6. The van der Waals surface area contributed by atoms with E-state index < -0.39 is 0 Å². The third-order valence-electron chi connectivity index (χ3n) is 3.33. The summed E-state index contributed by atoms with van der Waals surface area (Å²) in [6.07, 6.45) is 1.25. The molecule has 0 saturated carbocycles. The van der Waals surface area contributed by atoms with Crippen LogP contribution in [0.1, 0.15) is 27.2 Å². The first kappa shape index (κ1) is 12.3. The van der Waals surface area contributed by atoms with Crippen molar-refractivity contribution in [3.8, 4) is 0 Å². The Balaban J connectivity index is 2.28. The fourth-order valence-corrected chi connectivity index (χ4v) is 2.98. The van der Waals surface area contributed by atoms with Crippen LogP contribution in [0.4, 0.5) is 0 Å². The molecule has 3 atom stereocenters. The van der Waals surface area contributed by atoms with E-state index in [1.54, 1.807) is 0 Å². The Kier molecular flexibility index (Phi) is 5.28. The number of hydrogen-bond donors (Lipinski definition) is 1. The van der Waals surface area contributed by atoms with Crippen molar-refractivity contribution in [2.75, 3.05) is 25.4 Å². The van der Waals surface area contributed by atoms with Gasteiger partial charge in [0.15, 0.2) is 0 Å². The summed E-state index contributed by atoms with van der Waals surface area (Å²) in [4.78, 5) is 2.62. The van der Waals surface area contributed by atoms with E-state index in [-0.39, 0.29) is 0 Å². The highest BCUT2D eigenvalue weighted by Gasteiger charge is 2.24. The first-order chi connectivity index (χ1) is 6.65. The molecule has 0 bridgehead atoms. The molecule has 1 heterocycles. The molecule has 1 aliphatic heterocycles. The summed E-state index contributed by atoms with van der Waals surface area (Å²) in [7, 11) is 0. The van der Waals surface area contributed by atoms with Crippen LogP contribution in [0.5, 0.6) is 0 Å². The smallest absolute Gasteiger partial charge is 0.0184 e. The lowest BCUT2D eigenvalue weighted by atomic mass is 10.1. The van der Waals surface area contributed by atoms with Gasteiger partial charge in [-0.05, 0) is 32.4 Å². The number of hydrogen-bond acceptors (Lipinski definition) is 3. The van der Waals surface area contributed by atoms with E-state index in [9.17, 15) is 0 Å². The average Bonchev–Trinajstić information content (AvgIpc) is 2.20. The summed E-state index contributed by atoms with van der Waals surface area (Å²) < 4.78 is 0. The third-order valence-corrected chi connectivity index (χ3v) is 4.66. The highest BCUT2D eigenvalue weighted by molar-refractivity contribution is 8.00. The van der Waals surface area contributed by atoms with Gasteiger partial charge in [0.05, 0.1) is 0 Å². The van der Waals surface area contributed by atoms with Crippen LogP contribution in [0.15, 0.2) is 0 Å². The maximum atomic E-state index is 5.63. The monoisotopic (exact) mass is 216 g/mol. The van der Waals surface area contributed by atoms with Crippen molar-refractivity contribution < 1.29 is 0 Å². The minimum atomic E-state index is 0.673. The summed E-state index contributed by atoms with van der Waals surface area (Å²) in [5.41, 5.74) is 5.63. The van der Waals surface area contributed by atoms with Gasteiger partial charge >= 0.3 is 0 Å². The van der Waals surface area contributed by atoms with Crippen molar-refractivity contribution in [3.63, 3.8) is 0 Å². The maximum absolute atomic E-state index is 5.63. The lowest BCUT2D eigenvalue weighted by Crippen LogP contribution is -2.45. The van der Waals surface area contributed by atoms with Gasteiger partial charge in [0.25, 0.3) is 0 Å². The molecule has 0 aromatic carbocycles. The second-order valence-corrected chi connectivity index (χ2v) is 5.97. The Morgan fingerprint density at radius 1 is 1.50 bits per heavy atom. The summed E-state index contributed by atoms with van der Waals surface area (Å²) >= 11 is 2.10. The average molecular weight is 216 g/mol. The molecule has 0 spiro atoms. The minimum absolute atomic E-state index is 0.673. The molecule has 3 unspecified atom stereocenters. The second-order valence-electron chi connectivity index (χ2n) is 4.48. The number of rotatable bonds is 4. The van der Waals surface area contributed by atoms with Gasteiger partial charge in [-0.2, -0.15) is 11.8 Å². The summed E-state index contributed by atoms with van der Waals surface area (Å²) in [5.74, 6) is 1.97. The normalized spacial score (nSPS) is 31.7. The van der Waals surface area contributed by atoms with E-state index in [0.29, 0.717) is 5.92 Å². The van der Waals surface area contributed by atoms with Crippen LogP contribution >= 0.6 is 11.8 Å². The van der Waals surface area contributed by atoms with E-state index in [1.807, 2.05) is 0 Å². The molecule has 1 saturated heterocycles. The largest absolute Gasteiger partial charge is 0.330 e. The standard InChI is InChI=1S/C11H24N2S/c1-9(8-12)4-5-13-6-7-14-11(3)10(13)2/h9-11H,4-8,12H2,1-3H3. The Bertz CT molecular complexity index is 163. The van der Waals surface area contributed by atoms with Crippen molar-refractivity contribution in [2.45, 2.75) is 38.5 Å². The minimum Gasteiger partial charge on any atom is -0.330 e. The number of nitrogens with zero attached hydrogens (tertiary/aromatic N) is 1. The highest BCUT2D eigenvalue weighted by atomic mass is 32.2. The van der Waals surface area contributed by atoms with Crippen molar-refractivity contribution >= 4 is 11.8 Å². The Labute approximate surface area is 92.6 Å². The number of thioether (sulfide) groups is 1. The summed E-state index contributed by atoms with van der Waals surface area (Å²) in [6, 6.07) is 0.735. The Hall–Kier alpha value is 0.270. The molecule has 0 aliphatic carbocycles. The molecular weight excluding hydrogens is 192 g/mol. The van der Waals surface area contributed by atoms with Crippen LogP contribution in [-0.4, -0.2) is 41.6 Å². The topological polar surface area (TPSA) is 29.3 Å². The summed E-state index contributed by atoms with van der Waals surface area (Å²) in [5, 5.41) is 0.789. The molecule has 1 rings (SSSR count). The van der Waals surface area contributed by atoms with E-state index in [4.69, 9.17) is 5.73 Å². The van der Waals surface area contributed by atoms with Gasteiger partial charge < -0.3 is 5.73 Å². The SMILES string of the molecule is CC(CN)CCN1CCSC(C)C1C. The van der Waals surface area contributed by atoms with E-state index >= 15 is 0 Å². The van der Waals surface area contributed by atoms with Crippen molar-refractivity contribution in [1.82, 2.24) is 4.90 Å². The molecule has 1 aliphatic rings. The van der Waals surface area contributed by atoms with Gasteiger partial charge in [-0.15, -0.1) is 0 Å². The zero-order valence-electron chi connectivity index (χ0n) is 9.70. The van der Waals surface area contributed by atoms with Crippen LogP contribution < -0.4 is 5.73 Å². The van der Waals surface area contributed by atoms with Gasteiger partial charge in [-0.3, -0.25) is 4.90 Å². The molecule has 1 fully saturated rings. The fourth-order valence-electron chi connectivity index (χ4n) is 1.82.